The minimum absolute atomic E-state index is 0.344. The Kier molecular flexibility index (Phi) is 8.60. The summed E-state index contributed by atoms with van der Waals surface area (Å²) in [4.78, 5) is 45.9. The molecule has 1 amide bonds. The molecular weight excluding hydrogens is 366 g/mol. The second-order valence-corrected chi connectivity index (χ2v) is 5.93. The number of nitrogens with one attached hydrogen (secondary N) is 1. The van der Waals surface area contributed by atoms with Crippen LogP contribution < -0.4 is 5.32 Å². The van der Waals surface area contributed by atoms with E-state index in [1.807, 2.05) is 0 Å². The zero-order chi connectivity index (χ0) is 20.7. The lowest BCUT2D eigenvalue weighted by atomic mass is 9.96. The van der Waals surface area contributed by atoms with Crippen molar-refractivity contribution in [3.05, 3.63) is 0 Å². The summed E-state index contributed by atoms with van der Waals surface area (Å²) in [6.45, 7) is 4.57. The average molecular weight is 391 g/mol. The molecule has 0 aromatic heterocycles. The van der Waals surface area contributed by atoms with Gasteiger partial charge in [0.15, 0.2) is 18.5 Å². The average Bonchev–Trinajstić information content (AvgIpc) is 2.57. The van der Waals surface area contributed by atoms with E-state index >= 15 is 0 Å². The van der Waals surface area contributed by atoms with Crippen molar-refractivity contribution in [1.29, 1.82) is 0 Å². The first kappa shape index (κ1) is 22.8. The van der Waals surface area contributed by atoms with E-state index in [-0.39, 0.29) is 6.61 Å². The molecule has 0 spiro atoms. The van der Waals surface area contributed by atoms with Gasteiger partial charge in [-0.15, -0.1) is 0 Å². The van der Waals surface area contributed by atoms with Gasteiger partial charge in [0.25, 0.3) is 0 Å². The molecule has 0 aromatic rings. The number of ether oxygens (including phenoxy) is 5. The molecule has 1 fully saturated rings. The molecule has 27 heavy (non-hydrogen) atoms. The first-order valence-electron chi connectivity index (χ1n) is 8.21. The van der Waals surface area contributed by atoms with Crippen LogP contribution in [-0.2, 0) is 42.9 Å². The van der Waals surface area contributed by atoms with Crippen LogP contribution in [0.3, 0.4) is 0 Å². The number of rotatable bonds is 7. The van der Waals surface area contributed by atoms with Crippen LogP contribution in [-0.4, -0.2) is 79.4 Å². The van der Waals surface area contributed by atoms with Crippen molar-refractivity contribution in [2.45, 2.75) is 64.4 Å². The fourth-order valence-electron chi connectivity index (χ4n) is 2.59. The molecule has 154 valence electrons. The molecule has 1 aliphatic rings. The van der Waals surface area contributed by atoms with Crippen LogP contribution in [0, 0.1) is 0 Å². The van der Waals surface area contributed by atoms with Crippen molar-refractivity contribution >= 4 is 23.8 Å². The Bertz CT molecular complexity index is 565. The predicted octanol–water partition coefficient (Wildman–Crippen LogP) is -1.35. The molecule has 0 radical (unpaired) electrons. The number of hydrogen-bond acceptors (Lipinski definition) is 10. The number of carbonyl (C=O) groups excluding carboxylic acids is 4. The third kappa shape index (κ3) is 6.77. The fourth-order valence-corrected chi connectivity index (χ4v) is 2.59. The van der Waals surface area contributed by atoms with Gasteiger partial charge in [-0.25, -0.2) is 4.79 Å². The third-order valence-corrected chi connectivity index (χ3v) is 3.68. The monoisotopic (exact) mass is 391 g/mol. The Morgan fingerprint density at radius 1 is 1.11 bits per heavy atom. The van der Waals surface area contributed by atoms with Crippen molar-refractivity contribution in [3.63, 3.8) is 0 Å². The van der Waals surface area contributed by atoms with Gasteiger partial charge < -0.3 is 34.1 Å². The van der Waals surface area contributed by atoms with Gasteiger partial charge in [0.2, 0.25) is 5.91 Å². The molecule has 1 heterocycles. The molecular formula is C16H25NO10. The van der Waals surface area contributed by atoms with Crippen molar-refractivity contribution in [2.75, 3.05) is 13.7 Å². The molecule has 0 unspecified atom stereocenters. The van der Waals surface area contributed by atoms with E-state index in [4.69, 9.17) is 18.9 Å². The van der Waals surface area contributed by atoms with Gasteiger partial charge in [0.05, 0.1) is 7.11 Å². The van der Waals surface area contributed by atoms with Gasteiger partial charge in [-0.2, -0.15) is 0 Å². The van der Waals surface area contributed by atoms with Gasteiger partial charge in [0.1, 0.15) is 24.9 Å². The maximum absolute atomic E-state index is 11.7. The summed E-state index contributed by atoms with van der Waals surface area (Å²) in [6, 6.07) is -1.16. The molecule has 6 atom stereocenters. The second-order valence-electron chi connectivity index (χ2n) is 5.93. The van der Waals surface area contributed by atoms with E-state index < -0.39 is 60.6 Å². The molecule has 1 rings (SSSR count). The maximum Gasteiger partial charge on any atom is 0.334 e. The highest BCUT2D eigenvalue weighted by Crippen LogP contribution is 2.27. The smallest absolute Gasteiger partial charge is 0.334 e. The highest BCUT2D eigenvalue weighted by Gasteiger charge is 2.50. The second kappa shape index (κ2) is 10.2. The van der Waals surface area contributed by atoms with E-state index in [2.05, 4.69) is 10.1 Å². The minimum Gasteiger partial charge on any atom is -0.467 e. The number of hydrogen-bond donors (Lipinski definition) is 2. The first-order valence-corrected chi connectivity index (χ1v) is 8.21. The highest BCUT2D eigenvalue weighted by atomic mass is 16.7. The molecule has 0 aliphatic carbocycles. The van der Waals surface area contributed by atoms with Crippen molar-refractivity contribution in [3.8, 4) is 0 Å². The Morgan fingerprint density at radius 2 is 1.74 bits per heavy atom. The summed E-state index contributed by atoms with van der Waals surface area (Å²) in [6.07, 6.45) is -6.14. The van der Waals surface area contributed by atoms with Gasteiger partial charge in [-0.3, -0.25) is 14.4 Å². The summed E-state index contributed by atoms with van der Waals surface area (Å²) in [5, 5.41) is 12.7. The van der Waals surface area contributed by atoms with E-state index in [1.54, 1.807) is 0 Å². The summed E-state index contributed by atoms with van der Waals surface area (Å²) in [5.74, 6) is -2.54. The van der Waals surface area contributed by atoms with Crippen LogP contribution >= 0.6 is 0 Å². The Hall–Kier alpha value is -2.24. The topological polar surface area (TPSA) is 147 Å². The molecule has 1 saturated heterocycles. The van der Waals surface area contributed by atoms with Crippen molar-refractivity contribution in [1.82, 2.24) is 5.32 Å². The normalized spacial score (nSPS) is 28.6. The van der Waals surface area contributed by atoms with E-state index in [0.717, 1.165) is 6.92 Å². The van der Waals surface area contributed by atoms with Gasteiger partial charge in [-0.1, -0.05) is 0 Å². The maximum atomic E-state index is 11.7. The zero-order valence-electron chi connectivity index (χ0n) is 15.8. The lowest BCUT2D eigenvalue weighted by Gasteiger charge is -2.44. The van der Waals surface area contributed by atoms with Crippen LogP contribution in [0.4, 0.5) is 0 Å². The quantitative estimate of drug-likeness (QED) is 0.394. The molecule has 1 aliphatic heterocycles. The Morgan fingerprint density at radius 3 is 2.22 bits per heavy atom. The number of carbonyl (C=O) groups is 4. The number of amides is 1. The van der Waals surface area contributed by atoms with Crippen LogP contribution in [0.25, 0.3) is 0 Å². The zero-order valence-corrected chi connectivity index (χ0v) is 15.8. The molecule has 0 bridgehead atoms. The Balaban J connectivity index is 3.18. The lowest BCUT2D eigenvalue weighted by molar-refractivity contribution is -0.272. The fraction of sp³-hybridized carbons (Fsp3) is 0.750. The number of esters is 3. The van der Waals surface area contributed by atoms with Crippen LogP contribution in [0.1, 0.15) is 27.7 Å². The van der Waals surface area contributed by atoms with Gasteiger partial charge in [-0.05, 0) is 6.92 Å². The summed E-state index contributed by atoms with van der Waals surface area (Å²) in [5.41, 5.74) is 0. The molecule has 0 aromatic carbocycles. The van der Waals surface area contributed by atoms with Gasteiger partial charge >= 0.3 is 17.9 Å². The lowest BCUT2D eigenvalue weighted by Crippen LogP contribution is -2.66. The molecule has 11 nitrogen and oxygen atoms in total. The Labute approximate surface area is 156 Å². The standard InChI is InChI=1S/C16H25NO10/c1-7(15(21)23-5)25-14-12(17-8(2)18)16(22)27-11(6-24-9(3)19)13(14)26-10(4)20/h7,11-14,16,22H,6H2,1-5H3,(H,17,18)/t7-,11-,12-,13-,14-,16+/m1/s1. The predicted molar refractivity (Wildman–Crippen MR) is 87.0 cm³/mol. The largest absolute Gasteiger partial charge is 0.467 e. The van der Waals surface area contributed by atoms with Crippen molar-refractivity contribution < 1.29 is 48.0 Å². The highest BCUT2D eigenvalue weighted by molar-refractivity contribution is 5.74. The number of methoxy groups -OCH3 is 1. The summed E-state index contributed by atoms with van der Waals surface area (Å²) >= 11 is 0. The number of aliphatic hydroxyl groups excluding tert-OH is 1. The molecule has 11 heteroatoms. The van der Waals surface area contributed by atoms with Crippen LogP contribution in [0.5, 0.6) is 0 Å². The summed E-state index contributed by atoms with van der Waals surface area (Å²) < 4.78 is 25.7. The minimum atomic E-state index is -1.57. The molecule has 2 N–H and O–H groups in total. The number of aliphatic hydroxyl groups is 1. The van der Waals surface area contributed by atoms with Gasteiger partial charge in [0, 0.05) is 20.8 Å². The van der Waals surface area contributed by atoms with Crippen LogP contribution in [0.15, 0.2) is 0 Å². The summed E-state index contributed by atoms with van der Waals surface area (Å²) in [7, 11) is 1.17. The van der Waals surface area contributed by atoms with E-state index in [1.165, 1.54) is 27.9 Å². The van der Waals surface area contributed by atoms with Crippen molar-refractivity contribution in [2.24, 2.45) is 0 Å². The molecule has 0 saturated carbocycles. The third-order valence-electron chi connectivity index (χ3n) is 3.68. The first-order chi connectivity index (χ1) is 12.6. The van der Waals surface area contributed by atoms with Crippen LogP contribution in [0.2, 0.25) is 0 Å². The SMILES string of the molecule is COC(=O)[C@@H](C)O[C@@H]1[C@@H](NC(C)=O)[C@@H](O)O[C@H](COC(C)=O)[C@H]1OC(C)=O. The van der Waals surface area contributed by atoms with E-state index in [9.17, 15) is 24.3 Å². The van der Waals surface area contributed by atoms with E-state index in [0.29, 0.717) is 0 Å².